The second-order valence-corrected chi connectivity index (χ2v) is 4.18. The molecule has 0 radical (unpaired) electrons. The molecule has 0 aliphatic heterocycles. The predicted octanol–water partition coefficient (Wildman–Crippen LogP) is 2.67. The maximum Gasteiger partial charge on any atom is 0.193 e. The molecule has 18 heavy (non-hydrogen) atoms. The zero-order chi connectivity index (χ0) is 13.5. The molecule has 1 aromatic carbocycles. The molecular weight excluding hydrogens is 253 g/mol. The molecule has 0 amide bonds. The highest BCUT2D eigenvalue weighted by Crippen LogP contribution is 2.20. The van der Waals surface area contributed by atoms with Gasteiger partial charge in [0, 0.05) is 37.8 Å². The smallest absolute Gasteiger partial charge is 0.193 e. The summed E-state index contributed by atoms with van der Waals surface area (Å²) < 4.78 is 13.6. The Balaban J connectivity index is 2.80. The number of hydrogen-bond acceptors (Lipinski definition) is 1. The molecule has 0 fully saturated rings. The summed E-state index contributed by atoms with van der Waals surface area (Å²) in [6.45, 7) is 4.57. The molecule has 1 rings (SSSR count). The Morgan fingerprint density at radius 1 is 1.61 bits per heavy atom. The normalized spacial score (nSPS) is 11.2. The van der Waals surface area contributed by atoms with E-state index in [9.17, 15) is 4.39 Å². The number of guanidine groups is 1. The van der Waals surface area contributed by atoms with Crippen LogP contribution in [0.2, 0.25) is 5.02 Å². The van der Waals surface area contributed by atoms with E-state index in [0.29, 0.717) is 29.6 Å². The van der Waals surface area contributed by atoms with Gasteiger partial charge in [-0.15, -0.1) is 6.58 Å². The Hall–Kier alpha value is -1.55. The summed E-state index contributed by atoms with van der Waals surface area (Å²) in [4.78, 5) is 5.90. The van der Waals surface area contributed by atoms with Crippen LogP contribution in [-0.2, 0) is 6.54 Å². The summed E-state index contributed by atoms with van der Waals surface area (Å²) in [5.74, 6) is 0.350. The Morgan fingerprint density at radius 2 is 2.33 bits per heavy atom. The molecule has 0 aliphatic rings. The minimum absolute atomic E-state index is 0.312. The molecule has 0 atom stereocenters. The van der Waals surface area contributed by atoms with Crippen LogP contribution >= 0.6 is 11.6 Å². The van der Waals surface area contributed by atoms with E-state index in [1.54, 1.807) is 30.2 Å². The van der Waals surface area contributed by atoms with Crippen molar-refractivity contribution in [2.45, 2.75) is 6.54 Å². The molecule has 0 spiro atoms. The van der Waals surface area contributed by atoms with E-state index in [0.717, 1.165) is 0 Å². The minimum atomic E-state index is -0.312. The highest BCUT2D eigenvalue weighted by atomic mass is 35.5. The fourth-order valence-corrected chi connectivity index (χ4v) is 1.77. The molecule has 0 unspecified atom stereocenters. The molecule has 0 saturated carbocycles. The summed E-state index contributed by atoms with van der Waals surface area (Å²) >= 11 is 5.98. The summed E-state index contributed by atoms with van der Waals surface area (Å²) in [6, 6.07) is 4.66. The van der Waals surface area contributed by atoms with E-state index in [1.807, 2.05) is 7.05 Å². The Labute approximate surface area is 112 Å². The van der Waals surface area contributed by atoms with Crippen molar-refractivity contribution in [3.63, 3.8) is 0 Å². The first-order chi connectivity index (χ1) is 8.60. The lowest BCUT2D eigenvalue weighted by Gasteiger charge is -2.22. The van der Waals surface area contributed by atoms with Gasteiger partial charge in [0.15, 0.2) is 5.96 Å². The SMILES string of the molecule is C=CCNC(=NC)N(C)Cc1c(F)cccc1Cl. The second-order valence-electron chi connectivity index (χ2n) is 3.77. The molecular formula is C13H17ClFN3. The van der Waals surface area contributed by atoms with E-state index in [4.69, 9.17) is 11.6 Å². The van der Waals surface area contributed by atoms with E-state index < -0.39 is 0 Å². The summed E-state index contributed by atoms with van der Waals surface area (Å²) in [6.07, 6.45) is 1.73. The highest BCUT2D eigenvalue weighted by molar-refractivity contribution is 6.31. The van der Waals surface area contributed by atoms with Crippen LogP contribution in [0.25, 0.3) is 0 Å². The van der Waals surface area contributed by atoms with Gasteiger partial charge in [-0.25, -0.2) is 4.39 Å². The molecule has 0 bridgehead atoms. The summed E-state index contributed by atoms with van der Waals surface area (Å²) in [5.41, 5.74) is 0.461. The zero-order valence-corrected chi connectivity index (χ0v) is 11.3. The number of benzene rings is 1. The number of nitrogens with zero attached hydrogens (tertiary/aromatic N) is 2. The zero-order valence-electron chi connectivity index (χ0n) is 10.6. The number of rotatable bonds is 4. The maximum absolute atomic E-state index is 13.6. The third-order valence-corrected chi connectivity index (χ3v) is 2.79. The van der Waals surface area contributed by atoms with Crippen LogP contribution in [0.1, 0.15) is 5.56 Å². The fraction of sp³-hybridized carbons (Fsp3) is 0.308. The molecule has 0 aromatic heterocycles. The number of hydrogen-bond donors (Lipinski definition) is 1. The largest absolute Gasteiger partial charge is 0.353 e. The molecule has 1 N–H and O–H groups in total. The summed E-state index contributed by atoms with van der Waals surface area (Å²) in [7, 11) is 3.49. The third kappa shape index (κ3) is 3.74. The lowest BCUT2D eigenvalue weighted by Crippen LogP contribution is -2.38. The second kappa shape index (κ2) is 7.01. The van der Waals surface area contributed by atoms with Crippen molar-refractivity contribution in [1.29, 1.82) is 0 Å². The van der Waals surface area contributed by atoms with Gasteiger partial charge >= 0.3 is 0 Å². The van der Waals surface area contributed by atoms with Crippen molar-refractivity contribution in [2.75, 3.05) is 20.6 Å². The van der Waals surface area contributed by atoms with Gasteiger partial charge in [0.1, 0.15) is 5.82 Å². The van der Waals surface area contributed by atoms with Gasteiger partial charge in [-0.05, 0) is 12.1 Å². The van der Waals surface area contributed by atoms with E-state index in [2.05, 4.69) is 16.9 Å². The first-order valence-corrected chi connectivity index (χ1v) is 5.93. The van der Waals surface area contributed by atoms with Gasteiger partial charge in [0.05, 0.1) is 0 Å². The highest BCUT2D eigenvalue weighted by Gasteiger charge is 2.12. The minimum Gasteiger partial charge on any atom is -0.353 e. The van der Waals surface area contributed by atoms with Crippen molar-refractivity contribution in [2.24, 2.45) is 4.99 Å². The standard InChI is InChI=1S/C13H17ClFN3/c1-4-8-17-13(16-2)18(3)9-10-11(14)6-5-7-12(10)15/h4-7H,1,8-9H2,2-3H3,(H,16,17). The van der Waals surface area contributed by atoms with Crippen LogP contribution in [0.15, 0.2) is 35.8 Å². The predicted molar refractivity (Wildman–Crippen MR) is 74.4 cm³/mol. The van der Waals surface area contributed by atoms with E-state index in [1.165, 1.54) is 6.07 Å². The topological polar surface area (TPSA) is 27.6 Å². The Morgan fingerprint density at radius 3 is 2.89 bits per heavy atom. The first kappa shape index (κ1) is 14.5. The lowest BCUT2D eigenvalue weighted by molar-refractivity contribution is 0.463. The maximum atomic E-state index is 13.6. The van der Waals surface area contributed by atoms with E-state index in [-0.39, 0.29) is 5.82 Å². The molecule has 98 valence electrons. The van der Waals surface area contributed by atoms with Crippen molar-refractivity contribution < 1.29 is 4.39 Å². The fourth-order valence-electron chi connectivity index (χ4n) is 1.54. The van der Waals surface area contributed by atoms with Crippen LogP contribution < -0.4 is 5.32 Å². The molecule has 0 heterocycles. The molecule has 3 nitrogen and oxygen atoms in total. The summed E-state index contributed by atoms with van der Waals surface area (Å²) in [5, 5.41) is 3.49. The lowest BCUT2D eigenvalue weighted by atomic mass is 10.2. The van der Waals surface area contributed by atoms with Crippen molar-refractivity contribution in [3.8, 4) is 0 Å². The van der Waals surface area contributed by atoms with Crippen molar-refractivity contribution in [3.05, 3.63) is 47.3 Å². The van der Waals surface area contributed by atoms with Gasteiger partial charge < -0.3 is 10.2 Å². The number of halogens is 2. The van der Waals surface area contributed by atoms with Gasteiger partial charge in [-0.3, -0.25) is 4.99 Å². The van der Waals surface area contributed by atoms with Crippen molar-refractivity contribution in [1.82, 2.24) is 10.2 Å². The van der Waals surface area contributed by atoms with Gasteiger partial charge in [0.25, 0.3) is 0 Å². The monoisotopic (exact) mass is 269 g/mol. The molecule has 0 saturated heterocycles. The van der Waals surface area contributed by atoms with Gasteiger partial charge in [-0.1, -0.05) is 23.7 Å². The first-order valence-electron chi connectivity index (χ1n) is 5.55. The molecule has 0 aliphatic carbocycles. The molecule has 1 aromatic rings. The Kier molecular flexibility index (Phi) is 5.65. The quantitative estimate of drug-likeness (QED) is 0.517. The van der Waals surface area contributed by atoms with Crippen LogP contribution in [0.5, 0.6) is 0 Å². The number of aliphatic imine (C=N–C) groups is 1. The number of nitrogens with one attached hydrogen (secondary N) is 1. The van der Waals surface area contributed by atoms with Crippen molar-refractivity contribution >= 4 is 17.6 Å². The molecule has 5 heteroatoms. The van der Waals surface area contributed by atoms with Crippen LogP contribution in [0, 0.1) is 5.82 Å². The average Bonchev–Trinajstić information content (AvgIpc) is 2.35. The van der Waals surface area contributed by atoms with Crippen LogP contribution in [0.4, 0.5) is 4.39 Å². The van der Waals surface area contributed by atoms with Gasteiger partial charge in [-0.2, -0.15) is 0 Å². The van der Waals surface area contributed by atoms with Gasteiger partial charge in [0.2, 0.25) is 0 Å². The van der Waals surface area contributed by atoms with Crippen LogP contribution in [0.3, 0.4) is 0 Å². The third-order valence-electron chi connectivity index (χ3n) is 2.43. The Bertz CT molecular complexity index is 426. The van der Waals surface area contributed by atoms with E-state index >= 15 is 0 Å². The average molecular weight is 270 g/mol. The van der Waals surface area contributed by atoms with Crippen LogP contribution in [-0.4, -0.2) is 31.5 Å².